The zero-order chi connectivity index (χ0) is 15.6. The Bertz CT molecular complexity index is 637. The Morgan fingerprint density at radius 1 is 1.33 bits per heavy atom. The smallest absolute Gasteiger partial charge is 0.323 e. The molecule has 0 atom stereocenters. The molecule has 1 amide bonds. The van der Waals surface area contributed by atoms with Crippen LogP contribution in [-0.2, 0) is 4.79 Å². The number of rotatable bonds is 4. The van der Waals surface area contributed by atoms with Gasteiger partial charge in [-0.05, 0) is 17.5 Å². The molecule has 0 spiro atoms. The minimum Gasteiger partial charge on any atom is -0.480 e. The van der Waals surface area contributed by atoms with Crippen molar-refractivity contribution in [2.45, 2.75) is 20.8 Å². The summed E-state index contributed by atoms with van der Waals surface area (Å²) in [6.07, 6.45) is 3.42. The molecular weight excluding hydrogens is 270 g/mol. The van der Waals surface area contributed by atoms with Gasteiger partial charge in [-0.2, -0.15) is 0 Å². The Morgan fingerprint density at radius 2 is 2.05 bits per heavy atom. The minimum atomic E-state index is -1.03. The molecule has 1 N–H and O–H groups in total. The molecule has 2 aromatic heterocycles. The highest BCUT2D eigenvalue weighted by Crippen LogP contribution is 2.17. The quantitative estimate of drug-likeness (QED) is 0.933. The molecule has 2 aromatic rings. The first-order valence-corrected chi connectivity index (χ1v) is 6.71. The molecule has 0 fully saturated rings. The Morgan fingerprint density at radius 3 is 2.62 bits per heavy atom. The molecule has 6 heteroatoms. The van der Waals surface area contributed by atoms with Gasteiger partial charge in [0.2, 0.25) is 0 Å². The van der Waals surface area contributed by atoms with Crippen LogP contribution >= 0.6 is 0 Å². The van der Waals surface area contributed by atoms with Crippen LogP contribution in [0.1, 0.15) is 31.3 Å². The molecule has 0 saturated carbocycles. The van der Waals surface area contributed by atoms with Gasteiger partial charge >= 0.3 is 5.97 Å². The van der Waals surface area contributed by atoms with E-state index in [-0.39, 0.29) is 23.6 Å². The number of imidazole rings is 1. The number of fused-ring (bicyclic) bond motifs is 1. The molecule has 112 valence electrons. The summed E-state index contributed by atoms with van der Waals surface area (Å²) in [5.74, 6) is -1.40. The van der Waals surface area contributed by atoms with Crippen LogP contribution in [0.15, 0.2) is 30.6 Å². The van der Waals surface area contributed by atoms with Crippen LogP contribution in [0.4, 0.5) is 0 Å². The number of amides is 1. The van der Waals surface area contributed by atoms with E-state index in [1.165, 1.54) is 4.90 Å². The lowest BCUT2D eigenvalue weighted by molar-refractivity contribution is -0.138. The van der Waals surface area contributed by atoms with Crippen LogP contribution in [0.25, 0.3) is 5.65 Å². The predicted octanol–water partition coefficient (Wildman–Crippen LogP) is 1.91. The second-order valence-electron chi connectivity index (χ2n) is 6.21. The molecule has 0 unspecified atom stereocenters. The number of aromatic nitrogens is 2. The van der Waals surface area contributed by atoms with Crippen molar-refractivity contribution in [2.75, 3.05) is 13.1 Å². The third-order valence-corrected chi connectivity index (χ3v) is 2.86. The number of hydrogen-bond acceptors (Lipinski definition) is 3. The standard InChI is InChI=1S/C15H19N3O3/c1-15(2,3)10-18(9-13(19)20)14(21)11-8-17-7-5-4-6-12(17)16-11/h4-8H,9-10H2,1-3H3,(H,19,20). The number of carbonyl (C=O) groups excluding carboxylic acids is 1. The van der Waals surface area contributed by atoms with Gasteiger partial charge in [0.25, 0.3) is 5.91 Å². The molecule has 2 heterocycles. The van der Waals surface area contributed by atoms with Crippen LogP contribution in [0.3, 0.4) is 0 Å². The number of nitrogens with zero attached hydrogens (tertiary/aromatic N) is 3. The zero-order valence-electron chi connectivity index (χ0n) is 12.4. The van der Waals surface area contributed by atoms with Gasteiger partial charge in [-0.1, -0.05) is 26.8 Å². The number of carbonyl (C=O) groups is 2. The summed E-state index contributed by atoms with van der Waals surface area (Å²) < 4.78 is 1.74. The van der Waals surface area contributed by atoms with E-state index in [9.17, 15) is 9.59 Å². The van der Waals surface area contributed by atoms with Crippen molar-refractivity contribution in [3.8, 4) is 0 Å². The third-order valence-electron chi connectivity index (χ3n) is 2.86. The van der Waals surface area contributed by atoms with Gasteiger partial charge in [0.1, 0.15) is 17.9 Å². The maximum Gasteiger partial charge on any atom is 0.323 e. The fraction of sp³-hybridized carbons (Fsp3) is 0.400. The molecule has 21 heavy (non-hydrogen) atoms. The molecule has 0 radical (unpaired) electrons. The van der Waals surface area contributed by atoms with E-state index >= 15 is 0 Å². The van der Waals surface area contributed by atoms with E-state index in [1.807, 2.05) is 32.9 Å². The van der Waals surface area contributed by atoms with Gasteiger partial charge in [-0.3, -0.25) is 9.59 Å². The van der Waals surface area contributed by atoms with Crippen molar-refractivity contribution in [1.82, 2.24) is 14.3 Å². The van der Waals surface area contributed by atoms with Crippen LogP contribution in [-0.4, -0.2) is 44.4 Å². The first kappa shape index (κ1) is 15.0. The highest BCUT2D eigenvalue weighted by molar-refractivity contribution is 5.94. The van der Waals surface area contributed by atoms with Crippen molar-refractivity contribution in [1.29, 1.82) is 0 Å². The second-order valence-corrected chi connectivity index (χ2v) is 6.21. The number of pyridine rings is 1. The Labute approximate surface area is 123 Å². The van der Waals surface area contributed by atoms with E-state index in [2.05, 4.69) is 4.98 Å². The Hall–Kier alpha value is -2.37. The topological polar surface area (TPSA) is 74.9 Å². The van der Waals surface area contributed by atoms with Gasteiger partial charge in [-0.25, -0.2) is 4.98 Å². The van der Waals surface area contributed by atoms with Crippen molar-refractivity contribution in [3.63, 3.8) is 0 Å². The van der Waals surface area contributed by atoms with Gasteiger partial charge < -0.3 is 14.4 Å². The van der Waals surface area contributed by atoms with Crippen molar-refractivity contribution >= 4 is 17.5 Å². The highest BCUT2D eigenvalue weighted by Gasteiger charge is 2.25. The lowest BCUT2D eigenvalue weighted by Gasteiger charge is -2.28. The van der Waals surface area contributed by atoms with E-state index in [4.69, 9.17) is 5.11 Å². The average Bonchev–Trinajstić information content (AvgIpc) is 2.78. The van der Waals surface area contributed by atoms with Crippen molar-refractivity contribution in [2.24, 2.45) is 5.41 Å². The molecule has 0 saturated heterocycles. The second kappa shape index (κ2) is 5.55. The van der Waals surface area contributed by atoms with Crippen LogP contribution in [0, 0.1) is 5.41 Å². The van der Waals surface area contributed by atoms with E-state index < -0.39 is 5.97 Å². The summed E-state index contributed by atoms with van der Waals surface area (Å²) in [4.78, 5) is 29.1. The summed E-state index contributed by atoms with van der Waals surface area (Å²) in [5.41, 5.74) is 0.725. The molecule has 0 aliphatic carbocycles. The minimum absolute atomic E-state index is 0.190. The SMILES string of the molecule is CC(C)(C)CN(CC(=O)O)C(=O)c1cn2ccccc2n1. The normalized spacial score (nSPS) is 11.6. The summed E-state index contributed by atoms with van der Waals surface area (Å²) in [5, 5.41) is 9.00. The van der Waals surface area contributed by atoms with E-state index in [0.717, 1.165) is 0 Å². The largest absolute Gasteiger partial charge is 0.480 e. The molecule has 0 aromatic carbocycles. The van der Waals surface area contributed by atoms with Crippen LogP contribution in [0.2, 0.25) is 0 Å². The first-order chi connectivity index (χ1) is 9.76. The summed E-state index contributed by atoms with van der Waals surface area (Å²) >= 11 is 0. The molecule has 2 rings (SSSR count). The summed E-state index contributed by atoms with van der Waals surface area (Å²) in [6.45, 7) is 5.90. The number of carboxylic acid groups (broad SMARTS) is 1. The maximum atomic E-state index is 12.5. The summed E-state index contributed by atoms with van der Waals surface area (Å²) in [7, 11) is 0. The summed E-state index contributed by atoms with van der Waals surface area (Å²) in [6, 6.07) is 5.47. The molecule has 0 aliphatic heterocycles. The number of carboxylic acids is 1. The van der Waals surface area contributed by atoms with Gasteiger partial charge in [0.15, 0.2) is 0 Å². The monoisotopic (exact) mass is 289 g/mol. The van der Waals surface area contributed by atoms with E-state index in [0.29, 0.717) is 12.2 Å². The van der Waals surface area contributed by atoms with Crippen molar-refractivity contribution < 1.29 is 14.7 Å². The predicted molar refractivity (Wildman–Crippen MR) is 78.2 cm³/mol. The molecule has 6 nitrogen and oxygen atoms in total. The molecule has 0 bridgehead atoms. The van der Waals surface area contributed by atoms with Crippen molar-refractivity contribution in [3.05, 3.63) is 36.3 Å². The maximum absolute atomic E-state index is 12.5. The molecular formula is C15H19N3O3. The number of aliphatic carboxylic acids is 1. The average molecular weight is 289 g/mol. The fourth-order valence-electron chi connectivity index (χ4n) is 2.14. The zero-order valence-corrected chi connectivity index (χ0v) is 12.4. The number of hydrogen-bond donors (Lipinski definition) is 1. The van der Waals surface area contributed by atoms with Crippen LogP contribution < -0.4 is 0 Å². The molecule has 0 aliphatic rings. The van der Waals surface area contributed by atoms with Gasteiger partial charge in [-0.15, -0.1) is 0 Å². The van der Waals surface area contributed by atoms with E-state index in [1.54, 1.807) is 22.9 Å². The van der Waals surface area contributed by atoms with Crippen LogP contribution in [0.5, 0.6) is 0 Å². The third kappa shape index (κ3) is 3.81. The Balaban J connectivity index is 2.30. The van der Waals surface area contributed by atoms with Gasteiger partial charge in [0.05, 0.1) is 0 Å². The fourth-order valence-corrected chi connectivity index (χ4v) is 2.14. The lowest BCUT2D eigenvalue weighted by atomic mass is 9.96. The lowest BCUT2D eigenvalue weighted by Crippen LogP contribution is -2.41. The Kier molecular flexibility index (Phi) is 3.97. The highest BCUT2D eigenvalue weighted by atomic mass is 16.4. The van der Waals surface area contributed by atoms with Gasteiger partial charge in [0, 0.05) is 18.9 Å². The first-order valence-electron chi connectivity index (χ1n) is 6.71.